The Morgan fingerprint density at radius 1 is 1.36 bits per heavy atom. The molecule has 1 unspecified atom stereocenters. The van der Waals surface area contributed by atoms with E-state index in [1.54, 1.807) is 17.2 Å². The predicted octanol–water partition coefficient (Wildman–Crippen LogP) is 0.295. The summed E-state index contributed by atoms with van der Waals surface area (Å²) >= 11 is 0. The summed E-state index contributed by atoms with van der Waals surface area (Å²) in [7, 11) is 0. The smallest absolute Gasteiger partial charge is 0.119 e. The Morgan fingerprint density at radius 3 is 2.36 bits per heavy atom. The lowest BCUT2D eigenvalue weighted by Crippen LogP contribution is -2.20. The van der Waals surface area contributed by atoms with Gasteiger partial charge in [0.1, 0.15) is 12.7 Å². The highest BCUT2D eigenvalue weighted by molar-refractivity contribution is 4.66. The highest BCUT2D eigenvalue weighted by atomic mass is 16.3. The number of hydrogen-bond acceptors (Lipinski definition) is 3. The van der Waals surface area contributed by atoms with Crippen LogP contribution in [0.1, 0.15) is 13.8 Å². The molecule has 4 nitrogen and oxygen atoms in total. The maximum absolute atomic E-state index is 9.42. The third-order valence-electron chi connectivity index (χ3n) is 1.63. The summed E-state index contributed by atoms with van der Waals surface area (Å²) in [6.07, 6.45) is 2.89. The minimum Gasteiger partial charge on any atom is -0.391 e. The minimum absolute atomic E-state index is 0.275. The molecule has 4 heteroatoms. The van der Waals surface area contributed by atoms with Crippen LogP contribution in [0.25, 0.3) is 0 Å². The average molecular weight is 155 g/mol. The quantitative estimate of drug-likeness (QED) is 0.682. The molecule has 0 aliphatic carbocycles. The molecule has 1 rings (SSSR count). The zero-order valence-corrected chi connectivity index (χ0v) is 6.81. The van der Waals surface area contributed by atoms with Crippen LogP contribution >= 0.6 is 0 Å². The Balaban J connectivity index is 2.43. The lowest BCUT2D eigenvalue weighted by Gasteiger charge is -2.13. The third kappa shape index (κ3) is 2.31. The molecule has 62 valence electrons. The summed E-state index contributed by atoms with van der Waals surface area (Å²) in [5.41, 5.74) is 0. The minimum atomic E-state index is -0.314. The standard InChI is InChI=1S/C7H13N3O/c1-6(2)7(11)3-10-4-8-9-5-10/h4-7,11H,3H2,1-2H3. The van der Waals surface area contributed by atoms with Gasteiger partial charge in [0.2, 0.25) is 0 Å². The van der Waals surface area contributed by atoms with E-state index in [0.29, 0.717) is 6.54 Å². The molecule has 1 aromatic rings. The number of aliphatic hydroxyl groups excluding tert-OH is 1. The van der Waals surface area contributed by atoms with E-state index < -0.39 is 0 Å². The fourth-order valence-corrected chi connectivity index (χ4v) is 0.743. The highest BCUT2D eigenvalue weighted by Crippen LogP contribution is 2.02. The van der Waals surface area contributed by atoms with E-state index in [1.165, 1.54) is 0 Å². The molecule has 11 heavy (non-hydrogen) atoms. The van der Waals surface area contributed by atoms with E-state index in [0.717, 1.165) is 0 Å². The SMILES string of the molecule is CC(C)C(O)Cn1cnnc1. The molecule has 0 spiro atoms. The number of aliphatic hydroxyl groups is 1. The van der Waals surface area contributed by atoms with Crippen LogP contribution in [0, 0.1) is 5.92 Å². The summed E-state index contributed by atoms with van der Waals surface area (Å²) in [6.45, 7) is 4.54. The lowest BCUT2D eigenvalue weighted by molar-refractivity contribution is 0.107. The van der Waals surface area contributed by atoms with Gasteiger partial charge in [0.15, 0.2) is 0 Å². The van der Waals surface area contributed by atoms with Crippen LogP contribution in [0.5, 0.6) is 0 Å². The highest BCUT2D eigenvalue weighted by Gasteiger charge is 2.08. The molecule has 0 saturated carbocycles. The van der Waals surface area contributed by atoms with Gasteiger partial charge in [-0.2, -0.15) is 0 Å². The van der Waals surface area contributed by atoms with Crippen molar-refractivity contribution >= 4 is 0 Å². The Kier molecular flexibility index (Phi) is 2.59. The van der Waals surface area contributed by atoms with Gasteiger partial charge in [-0.05, 0) is 5.92 Å². The van der Waals surface area contributed by atoms with Crippen molar-refractivity contribution in [3.05, 3.63) is 12.7 Å². The van der Waals surface area contributed by atoms with E-state index >= 15 is 0 Å². The second kappa shape index (κ2) is 3.48. The van der Waals surface area contributed by atoms with Crippen molar-refractivity contribution in [1.29, 1.82) is 0 Å². The van der Waals surface area contributed by atoms with Gasteiger partial charge in [-0.15, -0.1) is 10.2 Å². The molecule has 1 N–H and O–H groups in total. The summed E-state index contributed by atoms with van der Waals surface area (Å²) < 4.78 is 1.77. The Bertz CT molecular complexity index is 195. The first-order valence-corrected chi connectivity index (χ1v) is 3.70. The van der Waals surface area contributed by atoms with Gasteiger partial charge in [-0.3, -0.25) is 0 Å². The average Bonchev–Trinajstić information content (AvgIpc) is 2.39. The second-order valence-electron chi connectivity index (χ2n) is 2.97. The van der Waals surface area contributed by atoms with Crippen molar-refractivity contribution in [3.8, 4) is 0 Å². The van der Waals surface area contributed by atoms with Gasteiger partial charge in [0, 0.05) is 0 Å². The maximum atomic E-state index is 9.42. The van der Waals surface area contributed by atoms with Crippen molar-refractivity contribution in [2.75, 3.05) is 0 Å². The van der Waals surface area contributed by atoms with Gasteiger partial charge in [-0.1, -0.05) is 13.8 Å². The molecular weight excluding hydrogens is 142 g/mol. The van der Waals surface area contributed by atoms with Crippen LogP contribution in [-0.4, -0.2) is 26.0 Å². The van der Waals surface area contributed by atoms with E-state index in [2.05, 4.69) is 10.2 Å². The fraction of sp³-hybridized carbons (Fsp3) is 0.714. The monoisotopic (exact) mass is 155 g/mol. The van der Waals surface area contributed by atoms with Crippen molar-refractivity contribution in [1.82, 2.24) is 14.8 Å². The zero-order chi connectivity index (χ0) is 8.27. The van der Waals surface area contributed by atoms with Crippen LogP contribution in [-0.2, 0) is 6.54 Å². The summed E-state index contributed by atoms with van der Waals surface area (Å²) in [6, 6.07) is 0. The topological polar surface area (TPSA) is 50.9 Å². The van der Waals surface area contributed by atoms with E-state index in [1.807, 2.05) is 13.8 Å². The largest absolute Gasteiger partial charge is 0.391 e. The Hall–Kier alpha value is -0.900. The van der Waals surface area contributed by atoms with Crippen LogP contribution in [0.15, 0.2) is 12.7 Å². The van der Waals surface area contributed by atoms with Crippen molar-refractivity contribution in [3.63, 3.8) is 0 Å². The molecule has 0 bridgehead atoms. The molecule has 0 aliphatic heterocycles. The number of rotatable bonds is 3. The van der Waals surface area contributed by atoms with E-state index in [9.17, 15) is 5.11 Å². The molecular formula is C7H13N3O. The van der Waals surface area contributed by atoms with E-state index in [-0.39, 0.29) is 12.0 Å². The van der Waals surface area contributed by atoms with Gasteiger partial charge < -0.3 is 9.67 Å². The third-order valence-corrected chi connectivity index (χ3v) is 1.63. The Labute approximate surface area is 65.9 Å². The zero-order valence-electron chi connectivity index (χ0n) is 6.81. The molecule has 0 fully saturated rings. The molecule has 1 aromatic heterocycles. The Morgan fingerprint density at radius 2 is 1.91 bits per heavy atom. The van der Waals surface area contributed by atoms with Crippen molar-refractivity contribution in [2.24, 2.45) is 5.92 Å². The van der Waals surface area contributed by atoms with Gasteiger partial charge >= 0.3 is 0 Å². The van der Waals surface area contributed by atoms with Gasteiger partial charge in [0.05, 0.1) is 12.6 Å². The first-order chi connectivity index (χ1) is 5.20. The summed E-state index contributed by atoms with van der Waals surface area (Å²) in [5.74, 6) is 0.275. The fourth-order valence-electron chi connectivity index (χ4n) is 0.743. The predicted molar refractivity (Wildman–Crippen MR) is 40.9 cm³/mol. The first kappa shape index (κ1) is 8.20. The molecule has 0 aromatic carbocycles. The van der Waals surface area contributed by atoms with Gasteiger partial charge in [-0.25, -0.2) is 0 Å². The molecule has 1 atom stereocenters. The normalized spacial score (nSPS) is 13.8. The first-order valence-electron chi connectivity index (χ1n) is 3.70. The molecule has 0 aliphatic rings. The lowest BCUT2D eigenvalue weighted by atomic mass is 10.1. The number of aromatic nitrogens is 3. The molecule has 0 saturated heterocycles. The maximum Gasteiger partial charge on any atom is 0.119 e. The van der Waals surface area contributed by atoms with Crippen molar-refractivity contribution < 1.29 is 5.11 Å². The number of nitrogens with zero attached hydrogens (tertiary/aromatic N) is 3. The van der Waals surface area contributed by atoms with E-state index in [4.69, 9.17) is 0 Å². The van der Waals surface area contributed by atoms with Crippen LogP contribution in [0.2, 0.25) is 0 Å². The summed E-state index contributed by atoms with van der Waals surface area (Å²) in [5, 5.41) is 16.7. The van der Waals surface area contributed by atoms with Crippen molar-refractivity contribution in [2.45, 2.75) is 26.5 Å². The molecule has 1 heterocycles. The van der Waals surface area contributed by atoms with Crippen LogP contribution in [0.4, 0.5) is 0 Å². The molecule has 0 amide bonds. The summed E-state index contributed by atoms with van der Waals surface area (Å²) in [4.78, 5) is 0. The van der Waals surface area contributed by atoms with Gasteiger partial charge in [0.25, 0.3) is 0 Å². The van der Waals surface area contributed by atoms with Crippen LogP contribution < -0.4 is 0 Å². The molecule has 0 radical (unpaired) electrons. The second-order valence-corrected chi connectivity index (χ2v) is 2.97. The number of hydrogen-bond donors (Lipinski definition) is 1. The van der Waals surface area contributed by atoms with Crippen LogP contribution in [0.3, 0.4) is 0 Å².